The fourth-order valence-electron chi connectivity index (χ4n) is 8.09. The number of para-hydroxylation sites is 1. The number of methoxy groups -OCH3 is 1. The quantitative estimate of drug-likeness (QED) is 0.148. The van der Waals surface area contributed by atoms with Crippen LogP contribution in [0.5, 0.6) is 5.75 Å². The number of aromatic nitrogens is 4. The summed E-state index contributed by atoms with van der Waals surface area (Å²) in [5.74, 6) is 0.977. The second-order valence-electron chi connectivity index (χ2n) is 14.8. The SMILES string of the molecule is CCc1cccc(CC)c1NC(=O)c1nn(CCOC2CCCCO2)c2c1CCCc1cnc(Nc3ccc(N4CCC(N(C)C)CC4)cc3OC)nc1-2. The minimum Gasteiger partial charge on any atom is -0.494 e. The van der Waals surface area contributed by atoms with Gasteiger partial charge in [-0.3, -0.25) is 9.48 Å². The molecule has 2 saturated heterocycles. The first-order chi connectivity index (χ1) is 26.4. The molecule has 12 nitrogen and oxygen atoms in total. The summed E-state index contributed by atoms with van der Waals surface area (Å²) in [5.41, 5.74) is 9.01. The number of rotatable bonds is 13. The molecule has 1 aliphatic carbocycles. The molecule has 2 fully saturated rings. The van der Waals surface area contributed by atoms with E-state index in [4.69, 9.17) is 29.3 Å². The molecular weight excluding hydrogens is 681 g/mol. The topological polar surface area (TPSA) is 119 Å². The number of aryl methyl sites for hydroxylation is 3. The van der Waals surface area contributed by atoms with E-state index in [1.807, 2.05) is 16.9 Å². The molecule has 3 aliphatic rings. The Balaban J connectivity index is 1.19. The van der Waals surface area contributed by atoms with Crippen molar-refractivity contribution in [2.45, 2.75) is 96.9 Å². The van der Waals surface area contributed by atoms with E-state index < -0.39 is 0 Å². The van der Waals surface area contributed by atoms with Crippen molar-refractivity contribution in [1.82, 2.24) is 24.6 Å². The van der Waals surface area contributed by atoms with Gasteiger partial charge in [-0.2, -0.15) is 5.10 Å². The molecular formula is C42H56N8O4. The van der Waals surface area contributed by atoms with Crippen molar-refractivity contribution in [3.8, 4) is 17.1 Å². The van der Waals surface area contributed by atoms with Gasteiger partial charge in [0.25, 0.3) is 5.91 Å². The maximum atomic E-state index is 14.2. The van der Waals surface area contributed by atoms with E-state index in [1.54, 1.807) is 7.11 Å². The number of nitrogens with one attached hydrogen (secondary N) is 2. The van der Waals surface area contributed by atoms with E-state index in [0.717, 1.165) is 127 Å². The molecule has 4 aromatic rings. The number of hydrogen-bond acceptors (Lipinski definition) is 10. The smallest absolute Gasteiger partial charge is 0.276 e. The minimum atomic E-state index is -0.217. The molecule has 1 amide bonds. The van der Waals surface area contributed by atoms with Gasteiger partial charge in [-0.1, -0.05) is 32.0 Å². The Morgan fingerprint density at radius 1 is 1.02 bits per heavy atom. The number of nitrogens with zero attached hydrogens (tertiary/aromatic N) is 6. The third-order valence-electron chi connectivity index (χ3n) is 11.2. The first-order valence-electron chi connectivity index (χ1n) is 19.8. The van der Waals surface area contributed by atoms with Crippen LogP contribution in [0.25, 0.3) is 11.4 Å². The van der Waals surface area contributed by atoms with Crippen molar-refractivity contribution in [3.05, 3.63) is 70.5 Å². The zero-order valence-corrected chi connectivity index (χ0v) is 32.6. The maximum absolute atomic E-state index is 14.2. The molecule has 0 saturated carbocycles. The minimum absolute atomic E-state index is 0.205. The van der Waals surface area contributed by atoms with Crippen LogP contribution in [0.1, 0.15) is 85.1 Å². The first-order valence-corrected chi connectivity index (χ1v) is 19.8. The summed E-state index contributed by atoms with van der Waals surface area (Å²) in [6.45, 7) is 7.81. The van der Waals surface area contributed by atoms with Crippen molar-refractivity contribution >= 4 is 28.9 Å². The van der Waals surface area contributed by atoms with Crippen molar-refractivity contribution in [2.24, 2.45) is 0 Å². The predicted molar refractivity (Wildman–Crippen MR) is 213 cm³/mol. The Hall–Kier alpha value is -4.52. The Kier molecular flexibility index (Phi) is 12.1. The fraction of sp³-hybridized carbons (Fsp3) is 0.524. The third-order valence-corrected chi connectivity index (χ3v) is 11.2. The molecule has 0 radical (unpaired) electrons. The summed E-state index contributed by atoms with van der Waals surface area (Å²) in [4.78, 5) is 28.9. The highest BCUT2D eigenvalue weighted by atomic mass is 16.7. The van der Waals surface area contributed by atoms with Crippen molar-refractivity contribution in [3.63, 3.8) is 0 Å². The molecule has 1 unspecified atom stereocenters. The lowest BCUT2D eigenvalue weighted by molar-refractivity contribution is -0.163. The Bertz CT molecular complexity index is 1890. The molecule has 0 spiro atoms. The zero-order chi connectivity index (χ0) is 37.6. The van der Waals surface area contributed by atoms with E-state index in [2.05, 4.69) is 78.7 Å². The largest absolute Gasteiger partial charge is 0.494 e. The molecule has 54 heavy (non-hydrogen) atoms. The summed E-state index contributed by atoms with van der Waals surface area (Å²) in [6, 6.07) is 13.1. The number of benzene rings is 2. The highest BCUT2D eigenvalue weighted by Gasteiger charge is 2.30. The summed E-state index contributed by atoms with van der Waals surface area (Å²) in [7, 11) is 6.02. The van der Waals surface area contributed by atoms with Gasteiger partial charge in [0, 0.05) is 54.9 Å². The molecule has 12 heteroatoms. The average Bonchev–Trinajstić information content (AvgIpc) is 3.45. The van der Waals surface area contributed by atoms with Gasteiger partial charge in [-0.25, -0.2) is 9.97 Å². The highest BCUT2D eigenvalue weighted by Crippen LogP contribution is 2.37. The van der Waals surface area contributed by atoms with E-state index in [0.29, 0.717) is 43.9 Å². The molecule has 4 heterocycles. The molecule has 288 valence electrons. The summed E-state index contributed by atoms with van der Waals surface area (Å²) in [6.07, 6.45) is 11.0. The fourth-order valence-corrected chi connectivity index (χ4v) is 8.09. The van der Waals surface area contributed by atoms with Crippen molar-refractivity contribution < 1.29 is 19.0 Å². The Morgan fingerprint density at radius 3 is 2.52 bits per heavy atom. The molecule has 2 aliphatic heterocycles. The summed E-state index contributed by atoms with van der Waals surface area (Å²) >= 11 is 0. The van der Waals surface area contributed by atoms with Crippen molar-refractivity contribution in [1.29, 1.82) is 0 Å². The van der Waals surface area contributed by atoms with Crippen LogP contribution in [-0.2, 0) is 41.7 Å². The lowest BCUT2D eigenvalue weighted by atomic mass is 10.0. The number of amides is 1. The second-order valence-corrected chi connectivity index (χ2v) is 14.8. The lowest BCUT2D eigenvalue weighted by Gasteiger charge is -2.36. The van der Waals surface area contributed by atoms with Gasteiger partial charge in [0.05, 0.1) is 37.3 Å². The van der Waals surface area contributed by atoms with E-state index >= 15 is 0 Å². The van der Waals surface area contributed by atoms with Crippen molar-refractivity contribution in [2.75, 3.05) is 63.0 Å². The number of carbonyl (C=O) groups excluding carboxylic acids is 1. The lowest BCUT2D eigenvalue weighted by Crippen LogP contribution is -2.41. The van der Waals surface area contributed by atoms with Crippen LogP contribution in [0, 0.1) is 0 Å². The first kappa shape index (κ1) is 37.8. The van der Waals surface area contributed by atoms with Crippen LogP contribution in [0.3, 0.4) is 0 Å². The molecule has 0 bridgehead atoms. The second kappa shape index (κ2) is 17.3. The number of anilines is 4. The van der Waals surface area contributed by atoms with Gasteiger partial charge < -0.3 is 34.6 Å². The number of carbonyl (C=O) groups is 1. The Morgan fingerprint density at radius 2 is 1.81 bits per heavy atom. The third kappa shape index (κ3) is 8.25. The van der Waals surface area contributed by atoms with Gasteiger partial charge in [-0.05, 0) is 107 Å². The average molecular weight is 737 g/mol. The van der Waals surface area contributed by atoms with Gasteiger partial charge in [0.2, 0.25) is 5.95 Å². The van der Waals surface area contributed by atoms with Gasteiger partial charge in [-0.15, -0.1) is 0 Å². The number of fused-ring (bicyclic) bond motifs is 3. The molecule has 2 aromatic carbocycles. The standard InChI is InChI=1S/C42H56N8O4/c1-6-28-12-10-13-29(7-2)37(28)45-41(51)39-33-15-11-14-30-27-43-42(46-38(30)40(33)50(47-39)23-25-54-36-16-8-9-24-53-36)44-34-18-17-32(26-35(34)52-5)49-21-19-31(20-22-49)48(3)4/h10,12-13,17-18,26-27,31,36H,6-9,11,14-16,19-25H2,1-5H3,(H,45,51)(H,43,44,46). The number of ether oxygens (including phenoxy) is 3. The van der Waals surface area contributed by atoms with Crippen LogP contribution in [-0.4, -0.2) is 90.4 Å². The molecule has 7 rings (SSSR count). The van der Waals surface area contributed by atoms with E-state index in [-0.39, 0.29) is 12.2 Å². The monoisotopic (exact) mass is 736 g/mol. The predicted octanol–water partition coefficient (Wildman–Crippen LogP) is 7.03. The molecule has 2 aromatic heterocycles. The number of hydrogen-bond donors (Lipinski definition) is 2. The zero-order valence-electron chi connectivity index (χ0n) is 32.6. The molecule has 2 N–H and O–H groups in total. The van der Waals surface area contributed by atoms with Crippen LogP contribution in [0.2, 0.25) is 0 Å². The summed E-state index contributed by atoms with van der Waals surface area (Å²) < 4.78 is 19.8. The maximum Gasteiger partial charge on any atom is 0.276 e. The van der Waals surface area contributed by atoms with Gasteiger partial charge in [0.15, 0.2) is 12.0 Å². The number of piperidine rings is 1. The molecule has 1 atom stereocenters. The van der Waals surface area contributed by atoms with Crippen LogP contribution < -0.4 is 20.3 Å². The Labute approximate surface area is 319 Å². The summed E-state index contributed by atoms with van der Waals surface area (Å²) in [5, 5.41) is 11.7. The van der Waals surface area contributed by atoms with Gasteiger partial charge >= 0.3 is 0 Å². The van der Waals surface area contributed by atoms with Crippen LogP contribution >= 0.6 is 0 Å². The van der Waals surface area contributed by atoms with E-state index in [9.17, 15) is 4.79 Å². The van der Waals surface area contributed by atoms with Gasteiger partial charge in [0.1, 0.15) is 5.75 Å². The highest BCUT2D eigenvalue weighted by molar-refractivity contribution is 6.05. The normalized spacial score (nSPS) is 17.5. The van der Waals surface area contributed by atoms with Crippen LogP contribution in [0.4, 0.5) is 23.0 Å². The van der Waals surface area contributed by atoms with Crippen LogP contribution in [0.15, 0.2) is 42.6 Å². The van der Waals surface area contributed by atoms with E-state index in [1.165, 1.54) is 0 Å².